The summed E-state index contributed by atoms with van der Waals surface area (Å²) in [6.45, 7) is 11.9. The highest BCUT2D eigenvalue weighted by Crippen LogP contribution is 2.28. The van der Waals surface area contributed by atoms with Gasteiger partial charge in [-0.1, -0.05) is 0 Å². The van der Waals surface area contributed by atoms with Crippen molar-refractivity contribution in [3.8, 4) is 0 Å². The molecule has 2 N–H and O–H groups in total. The molecule has 1 saturated carbocycles. The lowest BCUT2D eigenvalue weighted by atomic mass is 10.1. The van der Waals surface area contributed by atoms with Gasteiger partial charge in [0.1, 0.15) is 5.60 Å². The van der Waals surface area contributed by atoms with Gasteiger partial charge in [-0.15, -0.1) is 0 Å². The van der Waals surface area contributed by atoms with Crippen molar-refractivity contribution in [2.75, 3.05) is 39.4 Å². The monoisotopic (exact) mass is 340 g/mol. The third-order valence-electron chi connectivity index (χ3n) is 3.77. The molecule has 1 aliphatic carbocycles. The van der Waals surface area contributed by atoms with Gasteiger partial charge in [-0.25, -0.2) is 4.79 Å². The topological polar surface area (TPSA) is 75.2 Å². The number of hydrogen-bond donors (Lipinski definition) is 2. The van der Waals surface area contributed by atoms with E-state index in [2.05, 4.69) is 15.6 Å². The minimum absolute atomic E-state index is 0.211. The molecule has 0 aromatic carbocycles. The Morgan fingerprint density at radius 2 is 2.00 bits per heavy atom. The van der Waals surface area contributed by atoms with Gasteiger partial charge in [0, 0.05) is 26.2 Å². The van der Waals surface area contributed by atoms with Crippen molar-refractivity contribution >= 4 is 12.1 Å². The summed E-state index contributed by atoms with van der Waals surface area (Å²) in [5.41, 5.74) is -0.452. The van der Waals surface area contributed by atoms with Crippen LogP contribution in [0.5, 0.6) is 0 Å². The van der Waals surface area contributed by atoms with Crippen molar-refractivity contribution in [3.63, 3.8) is 0 Å². The van der Waals surface area contributed by atoms with Gasteiger partial charge in [0.15, 0.2) is 5.96 Å². The zero-order valence-corrected chi connectivity index (χ0v) is 15.4. The van der Waals surface area contributed by atoms with Crippen LogP contribution < -0.4 is 10.6 Å². The fourth-order valence-electron chi connectivity index (χ4n) is 2.32. The summed E-state index contributed by atoms with van der Waals surface area (Å²) in [5, 5.41) is 6.57. The summed E-state index contributed by atoms with van der Waals surface area (Å²) < 4.78 is 10.9. The third-order valence-corrected chi connectivity index (χ3v) is 3.77. The van der Waals surface area contributed by atoms with Crippen LogP contribution in [-0.2, 0) is 9.47 Å². The highest BCUT2D eigenvalue weighted by atomic mass is 16.6. The van der Waals surface area contributed by atoms with Gasteiger partial charge in [-0.05, 0) is 46.5 Å². The van der Waals surface area contributed by atoms with Gasteiger partial charge >= 0.3 is 6.09 Å². The summed E-state index contributed by atoms with van der Waals surface area (Å²) in [7, 11) is 0. The first-order valence-electron chi connectivity index (χ1n) is 8.98. The Balaban J connectivity index is 1.64. The smallest absolute Gasteiger partial charge is 0.410 e. The van der Waals surface area contributed by atoms with Gasteiger partial charge in [0.2, 0.25) is 0 Å². The molecule has 0 unspecified atom stereocenters. The van der Waals surface area contributed by atoms with Crippen molar-refractivity contribution in [2.45, 2.75) is 52.2 Å². The second kappa shape index (κ2) is 8.55. The Bertz CT molecular complexity index is 438. The predicted octanol–water partition coefficient (Wildman–Crippen LogP) is 1.59. The molecule has 1 amide bonds. The standard InChI is InChI=1S/C17H32N4O3/c1-5-18-15(19-8-9-23-12-13-6-7-13)20-14-10-21(11-14)16(22)24-17(2,3)4/h13-14H,5-12H2,1-4H3,(H2,18,19,20). The number of rotatable bonds is 7. The van der Waals surface area contributed by atoms with Crippen LogP contribution in [0, 0.1) is 5.92 Å². The first-order chi connectivity index (χ1) is 11.4. The van der Waals surface area contributed by atoms with E-state index < -0.39 is 5.60 Å². The van der Waals surface area contributed by atoms with Crippen molar-refractivity contribution in [1.29, 1.82) is 0 Å². The number of aliphatic imine (C=N–C) groups is 1. The average molecular weight is 340 g/mol. The summed E-state index contributed by atoms with van der Waals surface area (Å²) in [6.07, 6.45) is 2.36. The van der Waals surface area contributed by atoms with Crippen LogP contribution in [0.15, 0.2) is 4.99 Å². The van der Waals surface area contributed by atoms with Crippen molar-refractivity contribution < 1.29 is 14.3 Å². The maximum absolute atomic E-state index is 11.9. The quantitative estimate of drug-likeness (QED) is 0.418. The molecular weight excluding hydrogens is 308 g/mol. The van der Waals surface area contributed by atoms with E-state index in [-0.39, 0.29) is 12.1 Å². The first kappa shape index (κ1) is 18.8. The Hall–Kier alpha value is -1.50. The molecule has 0 radical (unpaired) electrons. The minimum atomic E-state index is -0.452. The maximum Gasteiger partial charge on any atom is 0.410 e. The van der Waals surface area contributed by atoms with Crippen LogP contribution in [0.25, 0.3) is 0 Å². The molecule has 1 heterocycles. The summed E-state index contributed by atoms with van der Waals surface area (Å²) >= 11 is 0. The number of nitrogens with one attached hydrogen (secondary N) is 2. The van der Waals surface area contributed by atoms with E-state index in [0.29, 0.717) is 26.2 Å². The number of hydrogen-bond acceptors (Lipinski definition) is 4. The average Bonchev–Trinajstić information content (AvgIpc) is 3.23. The molecule has 0 aromatic rings. The molecule has 2 aliphatic rings. The number of guanidine groups is 1. The molecule has 138 valence electrons. The van der Waals surface area contributed by atoms with E-state index in [1.165, 1.54) is 12.8 Å². The van der Waals surface area contributed by atoms with Crippen molar-refractivity contribution in [1.82, 2.24) is 15.5 Å². The highest BCUT2D eigenvalue weighted by molar-refractivity contribution is 5.80. The zero-order valence-electron chi connectivity index (χ0n) is 15.4. The Kier molecular flexibility index (Phi) is 6.71. The molecule has 0 atom stereocenters. The number of likely N-dealkylation sites (tertiary alicyclic amines) is 1. The second-order valence-corrected chi connectivity index (χ2v) is 7.51. The van der Waals surface area contributed by atoms with Crippen LogP contribution in [0.2, 0.25) is 0 Å². The van der Waals surface area contributed by atoms with E-state index in [1.807, 2.05) is 27.7 Å². The number of amides is 1. The molecule has 7 nitrogen and oxygen atoms in total. The zero-order chi connectivity index (χ0) is 17.6. The normalized spacial score (nSPS) is 19.0. The van der Waals surface area contributed by atoms with E-state index in [1.54, 1.807) is 4.90 Å². The van der Waals surface area contributed by atoms with Crippen molar-refractivity contribution in [3.05, 3.63) is 0 Å². The number of nitrogens with zero attached hydrogens (tertiary/aromatic N) is 2. The van der Waals surface area contributed by atoms with Crippen LogP contribution in [0.4, 0.5) is 4.79 Å². The Morgan fingerprint density at radius 1 is 1.29 bits per heavy atom. The lowest BCUT2D eigenvalue weighted by molar-refractivity contribution is 0.00700. The molecule has 2 fully saturated rings. The molecular formula is C17H32N4O3. The fraction of sp³-hybridized carbons (Fsp3) is 0.882. The number of ether oxygens (including phenoxy) is 2. The number of carbonyl (C=O) groups excluding carboxylic acids is 1. The van der Waals surface area contributed by atoms with Gasteiger partial charge in [-0.2, -0.15) is 0 Å². The van der Waals surface area contributed by atoms with Crippen molar-refractivity contribution in [2.24, 2.45) is 10.9 Å². The molecule has 1 saturated heterocycles. The van der Waals surface area contributed by atoms with Crippen LogP contribution in [0.3, 0.4) is 0 Å². The van der Waals surface area contributed by atoms with E-state index in [4.69, 9.17) is 9.47 Å². The molecule has 0 spiro atoms. The fourth-order valence-corrected chi connectivity index (χ4v) is 2.32. The number of carbonyl (C=O) groups is 1. The first-order valence-corrected chi connectivity index (χ1v) is 8.98. The predicted molar refractivity (Wildman–Crippen MR) is 94.3 cm³/mol. The summed E-state index contributed by atoms with van der Waals surface area (Å²) in [4.78, 5) is 18.1. The van der Waals surface area contributed by atoms with E-state index >= 15 is 0 Å². The minimum Gasteiger partial charge on any atom is -0.444 e. The SMILES string of the molecule is CCNC(=NCCOCC1CC1)NC1CN(C(=O)OC(C)(C)C)C1. The maximum atomic E-state index is 11.9. The van der Waals surface area contributed by atoms with E-state index in [9.17, 15) is 4.79 Å². The van der Waals surface area contributed by atoms with Gasteiger partial charge in [0.25, 0.3) is 0 Å². The molecule has 1 aliphatic heterocycles. The molecule has 2 rings (SSSR count). The largest absolute Gasteiger partial charge is 0.444 e. The van der Waals surface area contributed by atoms with Gasteiger partial charge < -0.3 is 25.0 Å². The van der Waals surface area contributed by atoms with Gasteiger partial charge in [0.05, 0.1) is 19.2 Å². The summed E-state index contributed by atoms with van der Waals surface area (Å²) in [5.74, 6) is 1.57. The Labute approximate surface area is 145 Å². The molecule has 0 bridgehead atoms. The molecule has 7 heteroatoms. The highest BCUT2D eigenvalue weighted by Gasteiger charge is 2.34. The summed E-state index contributed by atoms with van der Waals surface area (Å²) in [6, 6.07) is 0.211. The van der Waals surface area contributed by atoms with Crippen LogP contribution >= 0.6 is 0 Å². The lowest BCUT2D eigenvalue weighted by Gasteiger charge is -2.40. The second-order valence-electron chi connectivity index (χ2n) is 7.51. The van der Waals surface area contributed by atoms with Gasteiger partial charge in [-0.3, -0.25) is 4.99 Å². The molecule has 0 aromatic heterocycles. The van der Waals surface area contributed by atoms with E-state index in [0.717, 1.165) is 25.0 Å². The van der Waals surface area contributed by atoms with Crippen LogP contribution in [-0.4, -0.2) is 68.0 Å². The molecule has 24 heavy (non-hydrogen) atoms. The van der Waals surface area contributed by atoms with Crippen LogP contribution in [0.1, 0.15) is 40.5 Å². The lowest BCUT2D eigenvalue weighted by Crippen LogP contribution is -2.63. The third kappa shape index (κ3) is 6.95. The Morgan fingerprint density at radius 3 is 2.58 bits per heavy atom.